The highest BCUT2D eigenvalue weighted by atomic mass is 19.1. The van der Waals surface area contributed by atoms with E-state index in [2.05, 4.69) is 11.8 Å². The van der Waals surface area contributed by atoms with E-state index in [1.807, 2.05) is 13.0 Å². The minimum absolute atomic E-state index is 0.0383. The number of aryl methyl sites for hydroxylation is 2. The lowest BCUT2D eigenvalue weighted by Gasteiger charge is -2.18. The largest absolute Gasteiger partial charge is 0.298 e. The van der Waals surface area contributed by atoms with Crippen LogP contribution in [0, 0.1) is 31.5 Å². The Labute approximate surface area is 96.3 Å². The molecule has 2 aliphatic rings. The highest BCUT2D eigenvalue weighted by Crippen LogP contribution is 2.45. The molecule has 0 bridgehead atoms. The van der Waals surface area contributed by atoms with Crippen LogP contribution in [0.5, 0.6) is 0 Å². The van der Waals surface area contributed by atoms with Crippen LogP contribution in [0.2, 0.25) is 0 Å². The van der Waals surface area contributed by atoms with Crippen molar-refractivity contribution in [2.24, 2.45) is 11.8 Å². The van der Waals surface area contributed by atoms with E-state index in [0.717, 1.165) is 29.5 Å². The van der Waals surface area contributed by atoms with Gasteiger partial charge in [0.15, 0.2) is 0 Å². The molecular weight excluding hydrogens is 201 g/mol. The summed E-state index contributed by atoms with van der Waals surface area (Å²) in [7, 11) is 0. The Hall–Kier alpha value is -0.890. The van der Waals surface area contributed by atoms with E-state index in [-0.39, 0.29) is 5.82 Å². The zero-order valence-corrected chi connectivity index (χ0v) is 9.96. The van der Waals surface area contributed by atoms with Crippen LogP contribution in [-0.2, 0) is 6.54 Å². The normalized spacial score (nSPS) is 28.2. The van der Waals surface area contributed by atoms with Crippen molar-refractivity contribution in [2.75, 3.05) is 13.1 Å². The van der Waals surface area contributed by atoms with E-state index in [0.29, 0.717) is 0 Å². The lowest BCUT2D eigenvalue weighted by molar-refractivity contribution is 0.292. The summed E-state index contributed by atoms with van der Waals surface area (Å²) in [4.78, 5) is 2.39. The molecule has 0 radical (unpaired) electrons. The molecule has 2 heteroatoms. The second-order valence-corrected chi connectivity index (χ2v) is 5.48. The van der Waals surface area contributed by atoms with Gasteiger partial charge in [0.25, 0.3) is 0 Å². The molecule has 1 saturated heterocycles. The summed E-state index contributed by atoms with van der Waals surface area (Å²) >= 11 is 0. The number of piperidine rings is 1. The molecule has 2 fully saturated rings. The molecule has 0 amide bonds. The first-order valence-electron chi connectivity index (χ1n) is 6.11. The zero-order valence-electron chi connectivity index (χ0n) is 9.96. The van der Waals surface area contributed by atoms with Crippen LogP contribution in [0.25, 0.3) is 0 Å². The number of hydrogen-bond acceptors (Lipinski definition) is 1. The summed E-state index contributed by atoms with van der Waals surface area (Å²) < 4.78 is 13.8. The molecule has 1 aliphatic heterocycles. The lowest BCUT2D eigenvalue weighted by atomic mass is 10.1. The Morgan fingerprint density at radius 3 is 2.50 bits per heavy atom. The summed E-state index contributed by atoms with van der Waals surface area (Å²) in [6.45, 7) is 7.17. The average Bonchev–Trinajstić information content (AvgIpc) is 2.83. The number of benzene rings is 1. The fraction of sp³-hybridized carbons (Fsp3) is 0.571. The molecule has 0 aromatic heterocycles. The maximum atomic E-state index is 13.8. The highest BCUT2D eigenvalue weighted by Gasteiger charge is 2.44. The molecule has 2 unspecified atom stereocenters. The van der Waals surface area contributed by atoms with Crippen LogP contribution in [0.3, 0.4) is 0 Å². The van der Waals surface area contributed by atoms with Crippen LogP contribution in [0.1, 0.15) is 23.1 Å². The van der Waals surface area contributed by atoms with E-state index in [9.17, 15) is 4.39 Å². The number of fused-ring (bicyclic) bond motifs is 1. The van der Waals surface area contributed by atoms with Crippen molar-refractivity contribution in [3.63, 3.8) is 0 Å². The summed E-state index contributed by atoms with van der Waals surface area (Å²) in [5, 5.41) is 0. The molecule has 1 saturated carbocycles. The SMILES string of the molecule is Cc1cc(F)c(CN2CC3CC3C2)cc1C. The fourth-order valence-electron chi connectivity index (χ4n) is 2.83. The van der Waals surface area contributed by atoms with Gasteiger partial charge in [-0.05, 0) is 49.3 Å². The molecule has 1 heterocycles. The van der Waals surface area contributed by atoms with Gasteiger partial charge in [-0.1, -0.05) is 6.07 Å². The van der Waals surface area contributed by atoms with Crippen LogP contribution in [0.4, 0.5) is 4.39 Å². The van der Waals surface area contributed by atoms with Crippen molar-refractivity contribution < 1.29 is 4.39 Å². The predicted molar refractivity (Wildman–Crippen MR) is 62.7 cm³/mol. The third kappa shape index (κ3) is 1.75. The maximum Gasteiger partial charge on any atom is 0.127 e. The second-order valence-electron chi connectivity index (χ2n) is 5.48. The van der Waals surface area contributed by atoms with Crippen molar-refractivity contribution in [3.8, 4) is 0 Å². The second kappa shape index (κ2) is 3.56. The van der Waals surface area contributed by atoms with Gasteiger partial charge in [0.2, 0.25) is 0 Å². The van der Waals surface area contributed by atoms with Crippen molar-refractivity contribution in [3.05, 3.63) is 34.6 Å². The molecule has 1 aromatic rings. The summed E-state index contributed by atoms with van der Waals surface area (Å²) in [6, 6.07) is 3.68. The molecule has 0 N–H and O–H groups in total. The third-order valence-corrected chi connectivity index (χ3v) is 4.11. The van der Waals surface area contributed by atoms with Crippen molar-refractivity contribution in [1.29, 1.82) is 0 Å². The number of likely N-dealkylation sites (tertiary alicyclic amines) is 1. The third-order valence-electron chi connectivity index (χ3n) is 4.11. The average molecular weight is 219 g/mol. The van der Waals surface area contributed by atoms with Crippen molar-refractivity contribution in [1.82, 2.24) is 4.90 Å². The maximum absolute atomic E-state index is 13.8. The number of nitrogens with zero attached hydrogens (tertiary/aromatic N) is 1. The summed E-state index contributed by atoms with van der Waals surface area (Å²) in [5.74, 6) is 1.81. The molecule has 1 nitrogen and oxygen atoms in total. The Balaban J connectivity index is 1.76. The lowest BCUT2D eigenvalue weighted by Crippen LogP contribution is -2.22. The number of rotatable bonds is 2. The van der Waals surface area contributed by atoms with Gasteiger partial charge in [-0.2, -0.15) is 0 Å². The van der Waals surface area contributed by atoms with Crippen LogP contribution in [-0.4, -0.2) is 18.0 Å². The molecule has 0 spiro atoms. The first-order valence-corrected chi connectivity index (χ1v) is 6.11. The minimum atomic E-state index is -0.0383. The van der Waals surface area contributed by atoms with E-state index in [1.54, 1.807) is 6.07 Å². The molecule has 1 aromatic carbocycles. The van der Waals surface area contributed by atoms with Gasteiger partial charge in [-0.3, -0.25) is 4.90 Å². The first kappa shape index (κ1) is 10.3. The Morgan fingerprint density at radius 2 is 1.81 bits per heavy atom. The Morgan fingerprint density at radius 1 is 1.19 bits per heavy atom. The molecular formula is C14H18FN. The molecule has 86 valence electrons. The highest BCUT2D eigenvalue weighted by molar-refractivity contribution is 5.31. The van der Waals surface area contributed by atoms with Crippen LogP contribution >= 0.6 is 0 Å². The van der Waals surface area contributed by atoms with Gasteiger partial charge in [-0.25, -0.2) is 4.39 Å². The summed E-state index contributed by atoms with van der Waals surface area (Å²) in [6.07, 6.45) is 1.41. The minimum Gasteiger partial charge on any atom is -0.298 e. The quantitative estimate of drug-likeness (QED) is 0.739. The summed E-state index contributed by atoms with van der Waals surface area (Å²) in [5.41, 5.74) is 3.11. The number of halogens is 1. The fourth-order valence-corrected chi connectivity index (χ4v) is 2.83. The molecule has 2 atom stereocenters. The monoisotopic (exact) mass is 219 g/mol. The standard InChI is InChI=1S/C14H18FN/c1-9-3-13(14(15)4-10(9)2)8-16-6-11-5-12(11)7-16/h3-4,11-12H,5-8H2,1-2H3. The van der Waals surface area contributed by atoms with Gasteiger partial charge in [0.05, 0.1) is 0 Å². The van der Waals surface area contributed by atoms with Gasteiger partial charge >= 0.3 is 0 Å². The van der Waals surface area contributed by atoms with Crippen LogP contribution < -0.4 is 0 Å². The van der Waals surface area contributed by atoms with Crippen molar-refractivity contribution >= 4 is 0 Å². The molecule has 16 heavy (non-hydrogen) atoms. The van der Waals surface area contributed by atoms with Gasteiger partial charge in [0, 0.05) is 25.2 Å². The molecule has 1 aliphatic carbocycles. The van der Waals surface area contributed by atoms with E-state index >= 15 is 0 Å². The van der Waals surface area contributed by atoms with E-state index in [1.165, 1.54) is 25.1 Å². The van der Waals surface area contributed by atoms with E-state index < -0.39 is 0 Å². The van der Waals surface area contributed by atoms with Gasteiger partial charge in [-0.15, -0.1) is 0 Å². The first-order chi connectivity index (χ1) is 7.63. The number of hydrogen-bond donors (Lipinski definition) is 0. The molecule has 3 rings (SSSR count). The topological polar surface area (TPSA) is 3.24 Å². The van der Waals surface area contributed by atoms with E-state index in [4.69, 9.17) is 0 Å². The van der Waals surface area contributed by atoms with Crippen LogP contribution in [0.15, 0.2) is 12.1 Å². The van der Waals surface area contributed by atoms with Crippen molar-refractivity contribution in [2.45, 2.75) is 26.8 Å². The predicted octanol–water partition coefficient (Wildman–Crippen LogP) is 2.89. The van der Waals surface area contributed by atoms with Gasteiger partial charge in [0.1, 0.15) is 5.82 Å². The smallest absolute Gasteiger partial charge is 0.127 e. The van der Waals surface area contributed by atoms with Gasteiger partial charge < -0.3 is 0 Å². The Bertz CT molecular complexity index is 417. The zero-order chi connectivity index (χ0) is 11.3. The Kier molecular flexibility index (Phi) is 2.28.